The molecular formula is C13H21NO3. The van der Waals surface area contributed by atoms with E-state index in [1.54, 1.807) is 14.0 Å². The summed E-state index contributed by atoms with van der Waals surface area (Å²) < 4.78 is 10.9. The molecule has 96 valence electrons. The first-order valence-electron chi connectivity index (χ1n) is 5.82. The van der Waals surface area contributed by atoms with Crippen LogP contribution in [0.4, 0.5) is 0 Å². The molecule has 0 heterocycles. The van der Waals surface area contributed by atoms with Crippen LogP contribution in [0.5, 0.6) is 11.5 Å². The summed E-state index contributed by atoms with van der Waals surface area (Å²) in [4.78, 5) is 0. The topological polar surface area (TPSA) is 64.7 Å². The first-order chi connectivity index (χ1) is 8.12. The zero-order chi connectivity index (χ0) is 12.8. The second kappa shape index (κ2) is 6.47. The number of rotatable bonds is 6. The molecule has 3 N–H and O–H groups in total. The zero-order valence-electron chi connectivity index (χ0n) is 10.6. The maximum absolute atomic E-state index is 9.18. The van der Waals surface area contributed by atoms with Crippen LogP contribution in [0.1, 0.15) is 19.4 Å². The fourth-order valence-corrected chi connectivity index (χ4v) is 1.50. The van der Waals surface area contributed by atoms with Gasteiger partial charge in [-0.05, 0) is 31.0 Å². The minimum absolute atomic E-state index is 0.115. The van der Waals surface area contributed by atoms with Crippen LogP contribution in [0.25, 0.3) is 0 Å². The van der Waals surface area contributed by atoms with Gasteiger partial charge < -0.3 is 20.3 Å². The third kappa shape index (κ3) is 3.61. The highest BCUT2D eigenvalue weighted by Gasteiger charge is 2.16. The summed E-state index contributed by atoms with van der Waals surface area (Å²) >= 11 is 0. The number of benzene rings is 1. The summed E-state index contributed by atoms with van der Waals surface area (Å²) in [5.74, 6) is 1.28. The van der Waals surface area contributed by atoms with Gasteiger partial charge in [-0.1, -0.05) is 13.0 Å². The fraction of sp³-hybridized carbons (Fsp3) is 0.538. The van der Waals surface area contributed by atoms with Gasteiger partial charge in [0.2, 0.25) is 0 Å². The molecule has 0 aliphatic carbocycles. The summed E-state index contributed by atoms with van der Waals surface area (Å²) in [6.45, 7) is 3.76. The van der Waals surface area contributed by atoms with Crippen LogP contribution in [0.3, 0.4) is 0 Å². The van der Waals surface area contributed by atoms with Crippen molar-refractivity contribution in [1.82, 2.24) is 0 Å². The van der Waals surface area contributed by atoms with E-state index >= 15 is 0 Å². The quantitative estimate of drug-likeness (QED) is 0.786. The Hall–Kier alpha value is -1.26. The van der Waals surface area contributed by atoms with E-state index in [-0.39, 0.29) is 12.6 Å². The molecule has 1 aromatic carbocycles. The summed E-state index contributed by atoms with van der Waals surface area (Å²) in [5.41, 5.74) is 6.89. The highest BCUT2D eigenvalue weighted by molar-refractivity contribution is 5.43. The molecule has 0 saturated carbocycles. The van der Waals surface area contributed by atoms with Gasteiger partial charge in [-0.15, -0.1) is 0 Å². The van der Waals surface area contributed by atoms with Gasteiger partial charge >= 0.3 is 0 Å². The number of hydrogen-bond acceptors (Lipinski definition) is 4. The van der Waals surface area contributed by atoms with E-state index in [1.807, 2.05) is 18.2 Å². The first-order valence-corrected chi connectivity index (χ1v) is 5.82. The van der Waals surface area contributed by atoms with E-state index in [4.69, 9.17) is 15.2 Å². The van der Waals surface area contributed by atoms with Gasteiger partial charge in [-0.2, -0.15) is 0 Å². The lowest BCUT2D eigenvalue weighted by Gasteiger charge is -2.21. The Balaban J connectivity index is 2.89. The van der Waals surface area contributed by atoms with E-state index in [1.165, 1.54) is 5.56 Å². The highest BCUT2D eigenvalue weighted by Crippen LogP contribution is 2.29. The molecule has 0 bridgehead atoms. The van der Waals surface area contributed by atoms with Crippen LogP contribution in [-0.2, 0) is 6.42 Å². The van der Waals surface area contributed by atoms with Crippen LogP contribution in [0, 0.1) is 0 Å². The van der Waals surface area contributed by atoms with Crippen LogP contribution in [-0.4, -0.2) is 31.0 Å². The van der Waals surface area contributed by atoms with E-state index in [9.17, 15) is 5.11 Å². The normalized spacial score (nSPS) is 14.2. The number of nitrogens with two attached hydrogens (primary N) is 1. The largest absolute Gasteiger partial charge is 0.493 e. The maximum Gasteiger partial charge on any atom is 0.161 e. The molecule has 17 heavy (non-hydrogen) atoms. The average Bonchev–Trinajstić information content (AvgIpc) is 2.35. The summed E-state index contributed by atoms with van der Waals surface area (Å²) in [6.07, 6.45) is 0.518. The van der Waals surface area contributed by atoms with Gasteiger partial charge in [0, 0.05) is 6.04 Å². The number of ether oxygens (including phenoxy) is 2. The van der Waals surface area contributed by atoms with Crippen molar-refractivity contribution in [2.24, 2.45) is 5.73 Å². The van der Waals surface area contributed by atoms with Crippen LogP contribution in [0.2, 0.25) is 0 Å². The lowest BCUT2D eigenvalue weighted by molar-refractivity contribution is 0.0962. The second-order valence-corrected chi connectivity index (χ2v) is 4.04. The molecule has 1 aromatic rings. The predicted molar refractivity (Wildman–Crippen MR) is 67.5 cm³/mol. The van der Waals surface area contributed by atoms with Crippen molar-refractivity contribution < 1.29 is 14.6 Å². The maximum atomic E-state index is 9.18. The smallest absolute Gasteiger partial charge is 0.161 e. The van der Waals surface area contributed by atoms with Gasteiger partial charge in [0.1, 0.15) is 6.10 Å². The Morgan fingerprint density at radius 1 is 1.35 bits per heavy atom. The second-order valence-electron chi connectivity index (χ2n) is 4.04. The van der Waals surface area contributed by atoms with Crippen molar-refractivity contribution in [3.63, 3.8) is 0 Å². The Bertz CT molecular complexity index is 353. The molecule has 4 heteroatoms. The third-order valence-corrected chi connectivity index (χ3v) is 2.68. The first kappa shape index (κ1) is 13.8. The number of methoxy groups -OCH3 is 1. The van der Waals surface area contributed by atoms with Gasteiger partial charge in [-0.3, -0.25) is 0 Å². The SMILES string of the molecule is CCc1ccc(OC(CO)C(C)N)c(OC)c1. The molecule has 0 aromatic heterocycles. The van der Waals surface area contributed by atoms with Crippen LogP contribution >= 0.6 is 0 Å². The lowest BCUT2D eigenvalue weighted by atomic mass is 10.1. The zero-order valence-corrected chi connectivity index (χ0v) is 10.6. The minimum Gasteiger partial charge on any atom is -0.493 e. The molecule has 0 spiro atoms. The van der Waals surface area contributed by atoms with E-state index < -0.39 is 6.10 Å². The van der Waals surface area contributed by atoms with Crippen molar-refractivity contribution in [2.75, 3.05) is 13.7 Å². The molecule has 2 unspecified atom stereocenters. The van der Waals surface area contributed by atoms with Crippen molar-refractivity contribution in [2.45, 2.75) is 32.4 Å². The predicted octanol–water partition coefficient (Wildman–Crippen LogP) is 1.34. The van der Waals surface area contributed by atoms with E-state index in [0.717, 1.165) is 6.42 Å². The Labute approximate surface area is 102 Å². The molecule has 0 aliphatic rings. The summed E-state index contributed by atoms with van der Waals surface area (Å²) in [7, 11) is 1.60. The molecule has 0 aliphatic heterocycles. The number of hydrogen-bond donors (Lipinski definition) is 2. The summed E-state index contributed by atoms with van der Waals surface area (Å²) in [6, 6.07) is 5.52. The van der Waals surface area contributed by atoms with Gasteiger partial charge in [0.05, 0.1) is 13.7 Å². The van der Waals surface area contributed by atoms with E-state index in [0.29, 0.717) is 11.5 Å². The van der Waals surface area contributed by atoms with Crippen molar-refractivity contribution >= 4 is 0 Å². The minimum atomic E-state index is -0.420. The van der Waals surface area contributed by atoms with Gasteiger partial charge in [0.25, 0.3) is 0 Å². The summed E-state index contributed by atoms with van der Waals surface area (Å²) in [5, 5.41) is 9.18. The third-order valence-electron chi connectivity index (χ3n) is 2.68. The number of aliphatic hydroxyl groups is 1. The molecule has 4 nitrogen and oxygen atoms in total. The lowest BCUT2D eigenvalue weighted by Crippen LogP contribution is -2.39. The fourth-order valence-electron chi connectivity index (χ4n) is 1.50. The van der Waals surface area contributed by atoms with Crippen LogP contribution < -0.4 is 15.2 Å². The van der Waals surface area contributed by atoms with Gasteiger partial charge in [-0.25, -0.2) is 0 Å². The van der Waals surface area contributed by atoms with Crippen molar-refractivity contribution in [3.05, 3.63) is 23.8 Å². The molecule has 0 amide bonds. The molecule has 0 saturated heterocycles. The molecule has 0 fully saturated rings. The monoisotopic (exact) mass is 239 g/mol. The van der Waals surface area contributed by atoms with Crippen molar-refractivity contribution in [3.8, 4) is 11.5 Å². The molecule has 1 rings (SSSR count). The Kier molecular flexibility index (Phi) is 5.25. The Morgan fingerprint density at radius 3 is 2.53 bits per heavy atom. The molecule has 2 atom stereocenters. The highest BCUT2D eigenvalue weighted by atomic mass is 16.5. The van der Waals surface area contributed by atoms with Crippen LogP contribution in [0.15, 0.2) is 18.2 Å². The van der Waals surface area contributed by atoms with E-state index in [2.05, 4.69) is 6.92 Å². The average molecular weight is 239 g/mol. The molecule has 0 radical (unpaired) electrons. The van der Waals surface area contributed by atoms with Gasteiger partial charge in [0.15, 0.2) is 11.5 Å². The number of aryl methyl sites for hydroxylation is 1. The molecular weight excluding hydrogens is 218 g/mol. The Morgan fingerprint density at radius 2 is 2.06 bits per heavy atom. The van der Waals surface area contributed by atoms with Crippen molar-refractivity contribution in [1.29, 1.82) is 0 Å². The number of aliphatic hydroxyl groups excluding tert-OH is 1. The standard InChI is InChI=1S/C13H21NO3/c1-4-10-5-6-11(12(7-10)16-3)17-13(8-15)9(2)14/h5-7,9,13,15H,4,8,14H2,1-3H3.